The Balaban J connectivity index is 1.51. The highest BCUT2D eigenvalue weighted by molar-refractivity contribution is 6.02. The highest BCUT2D eigenvalue weighted by Crippen LogP contribution is 2.28. The molecule has 0 aliphatic rings. The molecule has 3 nitrogen and oxygen atoms in total. The molecule has 0 fully saturated rings. The first kappa shape index (κ1) is 19.3. The van der Waals surface area contributed by atoms with E-state index in [4.69, 9.17) is 4.99 Å². The molecule has 1 N–H and O–H groups in total. The molecule has 0 saturated carbocycles. The summed E-state index contributed by atoms with van der Waals surface area (Å²) in [6, 6.07) is 21.4. The summed E-state index contributed by atoms with van der Waals surface area (Å²) in [7, 11) is 0. The molecule has 0 unspecified atom stereocenters. The summed E-state index contributed by atoms with van der Waals surface area (Å²) in [6.45, 7) is 9.25. The summed E-state index contributed by atoms with van der Waals surface area (Å²) in [5.74, 6) is 0. The molecule has 4 aromatic rings. The lowest BCUT2D eigenvalue weighted by atomic mass is 10.1. The van der Waals surface area contributed by atoms with Crippen molar-refractivity contribution < 1.29 is 0 Å². The molecule has 0 radical (unpaired) electrons. The van der Waals surface area contributed by atoms with Crippen molar-refractivity contribution in [3.05, 3.63) is 77.5 Å². The van der Waals surface area contributed by atoms with Gasteiger partial charge in [0.2, 0.25) is 0 Å². The standard InChI is InChI=1S/C26H29N3/c1-4-17-29-20(3)24(23-13-7-9-19(2)26(23)29)18-27-15-16-28-25-14-8-11-21-10-5-6-12-22(21)25/h5-14,18,28H,4,15-17H2,1-3H3. The van der Waals surface area contributed by atoms with Crippen LogP contribution < -0.4 is 5.32 Å². The lowest BCUT2D eigenvalue weighted by Crippen LogP contribution is -2.05. The summed E-state index contributed by atoms with van der Waals surface area (Å²) in [5.41, 5.74) is 6.41. The summed E-state index contributed by atoms with van der Waals surface area (Å²) in [6.07, 6.45) is 3.19. The van der Waals surface area contributed by atoms with Crippen LogP contribution in [0.4, 0.5) is 5.69 Å². The Bertz CT molecular complexity index is 1160. The highest BCUT2D eigenvalue weighted by atomic mass is 15.0. The van der Waals surface area contributed by atoms with Gasteiger partial charge in [0.1, 0.15) is 0 Å². The third-order valence-corrected chi connectivity index (χ3v) is 5.61. The maximum Gasteiger partial charge on any atom is 0.0562 e. The Morgan fingerprint density at radius 3 is 2.55 bits per heavy atom. The Kier molecular flexibility index (Phi) is 5.66. The van der Waals surface area contributed by atoms with E-state index in [1.165, 1.54) is 44.2 Å². The zero-order chi connectivity index (χ0) is 20.2. The molecule has 4 rings (SSSR count). The van der Waals surface area contributed by atoms with Crippen molar-refractivity contribution in [2.24, 2.45) is 4.99 Å². The van der Waals surface area contributed by atoms with E-state index in [-0.39, 0.29) is 0 Å². The third kappa shape index (κ3) is 3.77. The van der Waals surface area contributed by atoms with E-state index in [1.54, 1.807) is 0 Å². The van der Waals surface area contributed by atoms with Crippen LogP contribution in [-0.2, 0) is 6.54 Å². The molecule has 0 aliphatic heterocycles. The van der Waals surface area contributed by atoms with Crippen molar-refractivity contribution >= 4 is 33.6 Å². The first-order chi connectivity index (χ1) is 14.2. The molecule has 0 spiro atoms. The molecule has 0 bridgehead atoms. The molecule has 1 heterocycles. The van der Waals surface area contributed by atoms with Crippen LogP contribution in [0.25, 0.3) is 21.7 Å². The average molecular weight is 384 g/mol. The highest BCUT2D eigenvalue weighted by Gasteiger charge is 2.13. The van der Waals surface area contributed by atoms with Crippen molar-refractivity contribution in [3.63, 3.8) is 0 Å². The molecule has 3 heteroatoms. The molecule has 148 valence electrons. The fraction of sp³-hybridized carbons (Fsp3) is 0.269. The predicted molar refractivity (Wildman–Crippen MR) is 127 cm³/mol. The maximum absolute atomic E-state index is 4.75. The van der Waals surface area contributed by atoms with E-state index in [1.807, 2.05) is 0 Å². The normalized spacial score (nSPS) is 11.7. The van der Waals surface area contributed by atoms with Gasteiger partial charge in [-0.05, 0) is 37.3 Å². The van der Waals surface area contributed by atoms with Crippen LogP contribution >= 0.6 is 0 Å². The van der Waals surface area contributed by atoms with Gasteiger partial charge >= 0.3 is 0 Å². The minimum absolute atomic E-state index is 0.745. The van der Waals surface area contributed by atoms with E-state index >= 15 is 0 Å². The summed E-state index contributed by atoms with van der Waals surface area (Å²) in [5, 5.41) is 7.37. The summed E-state index contributed by atoms with van der Waals surface area (Å²) < 4.78 is 2.44. The average Bonchev–Trinajstić information content (AvgIpc) is 3.01. The minimum atomic E-state index is 0.745. The molecule has 0 saturated heterocycles. The Hall–Kier alpha value is -3.07. The number of hydrogen-bond acceptors (Lipinski definition) is 2. The van der Waals surface area contributed by atoms with Gasteiger partial charge in [0.25, 0.3) is 0 Å². The first-order valence-electron chi connectivity index (χ1n) is 10.5. The van der Waals surface area contributed by atoms with Crippen LogP contribution in [0.5, 0.6) is 0 Å². The van der Waals surface area contributed by atoms with Crippen molar-refractivity contribution in [1.29, 1.82) is 0 Å². The number of fused-ring (bicyclic) bond motifs is 2. The Morgan fingerprint density at radius 2 is 1.69 bits per heavy atom. The van der Waals surface area contributed by atoms with E-state index in [9.17, 15) is 0 Å². The minimum Gasteiger partial charge on any atom is -0.383 e. The van der Waals surface area contributed by atoms with Crippen LogP contribution in [0.1, 0.15) is 30.2 Å². The second kappa shape index (κ2) is 8.52. The molecule has 29 heavy (non-hydrogen) atoms. The Morgan fingerprint density at radius 1 is 0.931 bits per heavy atom. The van der Waals surface area contributed by atoms with Crippen molar-refractivity contribution in [2.75, 3.05) is 18.4 Å². The number of nitrogens with one attached hydrogen (secondary N) is 1. The smallest absolute Gasteiger partial charge is 0.0562 e. The fourth-order valence-corrected chi connectivity index (χ4v) is 4.20. The van der Waals surface area contributed by atoms with Crippen molar-refractivity contribution in [2.45, 2.75) is 33.7 Å². The summed E-state index contributed by atoms with van der Waals surface area (Å²) >= 11 is 0. The maximum atomic E-state index is 4.75. The van der Waals surface area contributed by atoms with Gasteiger partial charge in [-0.2, -0.15) is 0 Å². The van der Waals surface area contributed by atoms with Crippen LogP contribution in [0.15, 0.2) is 65.7 Å². The predicted octanol–water partition coefficient (Wildman–Crippen LogP) is 6.35. The van der Waals surface area contributed by atoms with E-state index in [2.05, 4.69) is 97.5 Å². The number of aromatic nitrogens is 1. The van der Waals surface area contributed by atoms with E-state index in [0.717, 1.165) is 26.1 Å². The van der Waals surface area contributed by atoms with Gasteiger partial charge in [-0.15, -0.1) is 0 Å². The zero-order valence-electron chi connectivity index (χ0n) is 17.6. The topological polar surface area (TPSA) is 29.3 Å². The third-order valence-electron chi connectivity index (χ3n) is 5.61. The summed E-state index contributed by atoms with van der Waals surface area (Å²) in [4.78, 5) is 4.75. The molecular formula is C26H29N3. The largest absolute Gasteiger partial charge is 0.383 e. The van der Waals surface area contributed by atoms with Crippen LogP contribution in [0.3, 0.4) is 0 Å². The molecule has 0 aliphatic carbocycles. The second-order valence-corrected chi connectivity index (χ2v) is 7.61. The van der Waals surface area contributed by atoms with E-state index in [0.29, 0.717) is 0 Å². The number of aliphatic imine (C=N–C) groups is 1. The number of benzene rings is 3. The van der Waals surface area contributed by atoms with Gasteiger partial charge in [-0.3, -0.25) is 4.99 Å². The number of rotatable bonds is 7. The van der Waals surface area contributed by atoms with Crippen molar-refractivity contribution in [1.82, 2.24) is 4.57 Å². The monoisotopic (exact) mass is 383 g/mol. The molecule has 0 atom stereocenters. The molecular weight excluding hydrogens is 354 g/mol. The number of anilines is 1. The van der Waals surface area contributed by atoms with Crippen molar-refractivity contribution in [3.8, 4) is 0 Å². The lowest BCUT2D eigenvalue weighted by Gasteiger charge is -2.08. The van der Waals surface area contributed by atoms with Gasteiger partial charge in [0, 0.05) is 47.0 Å². The van der Waals surface area contributed by atoms with Crippen LogP contribution in [0, 0.1) is 13.8 Å². The Labute approximate surface area is 173 Å². The fourth-order valence-electron chi connectivity index (χ4n) is 4.20. The quantitative estimate of drug-likeness (QED) is 0.292. The lowest BCUT2D eigenvalue weighted by molar-refractivity contribution is 0.684. The van der Waals surface area contributed by atoms with Gasteiger partial charge < -0.3 is 9.88 Å². The first-order valence-corrected chi connectivity index (χ1v) is 10.5. The van der Waals surface area contributed by atoms with E-state index < -0.39 is 0 Å². The zero-order valence-corrected chi connectivity index (χ0v) is 17.6. The van der Waals surface area contributed by atoms with Crippen LogP contribution in [0.2, 0.25) is 0 Å². The number of para-hydroxylation sites is 1. The molecule has 3 aromatic carbocycles. The van der Waals surface area contributed by atoms with Crippen LogP contribution in [-0.4, -0.2) is 23.9 Å². The number of hydrogen-bond donors (Lipinski definition) is 1. The van der Waals surface area contributed by atoms with Gasteiger partial charge in [0.15, 0.2) is 0 Å². The number of aryl methyl sites for hydroxylation is 2. The second-order valence-electron chi connectivity index (χ2n) is 7.61. The SMILES string of the molecule is CCCn1c(C)c(C=NCCNc2cccc3ccccc23)c2cccc(C)c21. The number of nitrogens with zero attached hydrogens (tertiary/aromatic N) is 2. The van der Waals surface area contributed by atoms with Gasteiger partial charge in [-0.1, -0.05) is 61.5 Å². The van der Waals surface area contributed by atoms with Gasteiger partial charge in [-0.25, -0.2) is 0 Å². The molecule has 1 aromatic heterocycles. The van der Waals surface area contributed by atoms with Gasteiger partial charge in [0.05, 0.1) is 12.1 Å². The molecule has 0 amide bonds.